The maximum atomic E-state index is 8.19. The third-order valence-corrected chi connectivity index (χ3v) is 1.40. The van der Waals surface area contributed by atoms with Crippen LogP contribution < -0.4 is 0 Å². The zero-order valence-corrected chi connectivity index (χ0v) is 10.9. The summed E-state index contributed by atoms with van der Waals surface area (Å²) in [4.78, 5) is 0. The van der Waals surface area contributed by atoms with Gasteiger partial charge in [-0.2, -0.15) is 12.8 Å². The predicted octanol–water partition coefficient (Wildman–Crippen LogP) is 2.64. The molecule has 2 rings (SSSR count). The summed E-state index contributed by atoms with van der Waals surface area (Å²) < 4.78 is 17.8. The number of halogens is 2. The first-order valence-corrected chi connectivity index (χ1v) is 4.62. The quantitative estimate of drug-likeness (QED) is 0.641. The number of hydrogen-bond donors (Lipinski definition) is 0. The molecular formula is C8H16Cl2O3V. The zero-order chi connectivity index (χ0) is 9.07. The fraction of sp³-hybridized carbons (Fsp3) is 0.750. The SMILES string of the molecule is Cl.Cl.[CH-]1CCCO1.[CH-]1CCCO1.[O]=[V+2]. The molecule has 3 nitrogen and oxygen atoms in total. The van der Waals surface area contributed by atoms with Gasteiger partial charge in [-0.05, 0) is 0 Å². The maximum absolute atomic E-state index is 8.19. The topological polar surface area (TPSA) is 35.5 Å². The van der Waals surface area contributed by atoms with E-state index in [-0.39, 0.29) is 24.8 Å². The van der Waals surface area contributed by atoms with E-state index in [0.717, 1.165) is 43.4 Å². The molecule has 2 aliphatic rings. The van der Waals surface area contributed by atoms with Gasteiger partial charge in [0.1, 0.15) is 0 Å². The van der Waals surface area contributed by atoms with Gasteiger partial charge in [-0.3, -0.25) is 0 Å². The van der Waals surface area contributed by atoms with Crippen molar-refractivity contribution < 1.29 is 30.5 Å². The van der Waals surface area contributed by atoms with Gasteiger partial charge in [0.05, 0.1) is 0 Å². The molecule has 0 bridgehead atoms. The minimum atomic E-state index is 0. The first kappa shape index (κ1) is 20.3. The molecule has 0 aliphatic carbocycles. The summed E-state index contributed by atoms with van der Waals surface area (Å²) in [5.41, 5.74) is 0. The fourth-order valence-corrected chi connectivity index (χ4v) is 0.833. The predicted molar refractivity (Wildman–Crippen MR) is 54.2 cm³/mol. The first-order valence-electron chi connectivity index (χ1n) is 4.05. The molecule has 0 aromatic carbocycles. The Morgan fingerprint density at radius 1 is 0.857 bits per heavy atom. The Morgan fingerprint density at radius 3 is 1.29 bits per heavy atom. The van der Waals surface area contributed by atoms with Crippen molar-refractivity contribution in [2.24, 2.45) is 0 Å². The van der Waals surface area contributed by atoms with E-state index in [2.05, 4.69) is 0 Å². The summed E-state index contributed by atoms with van der Waals surface area (Å²) in [6.45, 7) is 5.61. The second-order valence-electron chi connectivity index (χ2n) is 2.36. The molecule has 0 radical (unpaired) electrons. The van der Waals surface area contributed by atoms with Crippen molar-refractivity contribution in [3.05, 3.63) is 13.2 Å². The first-order chi connectivity index (χ1) is 6.00. The summed E-state index contributed by atoms with van der Waals surface area (Å²) in [7, 11) is 0. The second kappa shape index (κ2) is 19.5. The Kier molecular flexibility index (Phi) is 28.2. The van der Waals surface area contributed by atoms with Gasteiger partial charge in [0.2, 0.25) is 0 Å². The van der Waals surface area contributed by atoms with Crippen molar-refractivity contribution >= 4 is 24.8 Å². The van der Waals surface area contributed by atoms with Crippen molar-refractivity contribution in [2.75, 3.05) is 13.2 Å². The van der Waals surface area contributed by atoms with E-state index >= 15 is 0 Å². The molecule has 0 spiro atoms. The summed E-state index contributed by atoms with van der Waals surface area (Å²) in [6.07, 6.45) is 4.75. The third kappa shape index (κ3) is 15.4. The van der Waals surface area contributed by atoms with E-state index in [4.69, 9.17) is 13.1 Å². The molecule has 0 unspecified atom stereocenters. The van der Waals surface area contributed by atoms with Crippen LogP contribution >= 0.6 is 24.8 Å². The zero-order valence-electron chi connectivity index (χ0n) is 7.89. The van der Waals surface area contributed by atoms with E-state index in [9.17, 15) is 0 Å². The van der Waals surface area contributed by atoms with Crippen molar-refractivity contribution in [3.8, 4) is 0 Å². The normalized spacial score (nSPS) is 17.6. The van der Waals surface area contributed by atoms with Gasteiger partial charge in [-0.1, -0.05) is 12.8 Å². The van der Waals surface area contributed by atoms with Gasteiger partial charge in [0, 0.05) is 13.2 Å². The van der Waals surface area contributed by atoms with Gasteiger partial charge < -0.3 is 9.47 Å². The minimum absolute atomic E-state index is 0. The van der Waals surface area contributed by atoms with E-state index < -0.39 is 0 Å². The van der Waals surface area contributed by atoms with Crippen molar-refractivity contribution in [2.45, 2.75) is 25.7 Å². The van der Waals surface area contributed by atoms with Crippen LogP contribution in [0.3, 0.4) is 0 Å². The number of rotatable bonds is 0. The molecule has 2 fully saturated rings. The number of ether oxygens (including phenoxy) is 2. The monoisotopic (exact) mass is 281 g/mol. The molecule has 2 saturated heterocycles. The van der Waals surface area contributed by atoms with E-state index in [1.54, 1.807) is 0 Å². The third-order valence-electron chi connectivity index (χ3n) is 1.40. The van der Waals surface area contributed by atoms with Crippen molar-refractivity contribution in [1.29, 1.82) is 0 Å². The van der Waals surface area contributed by atoms with Gasteiger partial charge >= 0.3 is 21.0 Å². The molecule has 0 saturated carbocycles. The van der Waals surface area contributed by atoms with Crippen molar-refractivity contribution in [1.82, 2.24) is 0 Å². The summed E-state index contributed by atoms with van der Waals surface area (Å²) >= 11 is 1.06. The average Bonchev–Trinajstić information content (AvgIpc) is 2.87. The second-order valence-corrected chi connectivity index (χ2v) is 2.36. The van der Waals surface area contributed by atoms with E-state index in [1.807, 2.05) is 13.2 Å². The van der Waals surface area contributed by atoms with Crippen LogP contribution in [-0.2, 0) is 30.5 Å². The molecule has 2 heterocycles. The van der Waals surface area contributed by atoms with Crippen LogP contribution in [0, 0.1) is 13.2 Å². The van der Waals surface area contributed by atoms with Gasteiger partial charge in [-0.15, -0.1) is 24.8 Å². The van der Waals surface area contributed by atoms with Crippen LogP contribution in [0.4, 0.5) is 0 Å². The van der Waals surface area contributed by atoms with Crippen LogP contribution in [0.2, 0.25) is 0 Å². The Hall–Kier alpha value is 0.884. The molecule has 0 N–H and O–H groups in total. The molecule has 0 atom stereocenters. The Balaban J connectivity index is -0.000000131. The van der Waals surface area contributed by atoms with Gasteiger partial charge in [0.25, 0.3) is 0 Å². The Morgan fingerprint density at radius 2 is 1.21 bits per heavy atom. The van der Waals surface area contributed by atoms with Crippen molar-refractivity contribution in [3.63, 3.8) is 0 Å². The van der Waals surface area contributed by atoms with Gasteiger partial charge in [-0.25, -0.2) is 13.2 Å². The van der Waals surface area contributed by atoms with Gasteiger partial charge in [0.15, 0.2) is 0 Å². The molecule has 14 heavy (non-hydrogen) atoms. The molecular weight excluding hydrogens is 266 g/mol. The van der Waals surface area contributed by atoms with E-state index in [1.165, 1.54) is 12.8 Å². The van der Waals surface area contributed by atoms with E-state index in [0.29, 0.717) is 0 Å². The molecule has 85 valence electrons. The van der Waals surface area contributed by atoms with Crippen LogP contribution in [0.1, 0.15) is 25.7 Å². The molecule has 0 amide bonds. The van der Waals surface area contributed by atoms with Crippen LogP contribution in [0.15, 0.2) is 0 Å². The average molecular weight is 282 g/mol. The summed E-state index contributed by atoms with van der Waals surface area (Å²) in [5, 5.41) is 0. The molecule has 2 aliphatic heterocycles. The van der Waals surface area contributed by atoms with Crippen LogP contribution in [0.5, 0.6) is 0 Å². The summed E-state index contributed by atoms with van der Waals surface area (Å²) in [5.74, 6) is 0. The number of hydrogen-bond acceptors (Lipinski definition) is 3. The molecule has 0 aromatic heterocycles. The fourth-order valence-electron chi connectivity index (χ4n) is 0.833. The Bertz CT molecular complexity index is 65.4. The summed E-state index contributed by atoms with van der Waals surface area (Å²) in [6, 6.07) is 0. The standard InChI is InChI=1S/2C4H7O.2ClH.O.V/c2*1-2-4-5-3-1;;;;/h2*3H,1-2,4H2;2*1H;;/q2*-1;;;;+2. The molecule has 6 heteroatoms. The Labute approximate surface area is 107 Å². The molecule has 0 aromatic rings. The van der Waals surface area contributed by atoms with Crippen LogP contribution in [0.25, 0.3) is 0 Å². The van der Waals surface area contributed by atoms with Crippen LogP contribution in [-0.4, -0.2) is 13.2 Å².